The third-order valence-corrected chi connectivity index (χ3v) is 12.3. The van der Waals surface area contributed by atoms with Gasteiger partial charge in [0.05, 0.1) is 16.7 Å². The van der Waals surface area contributed by atoms with Crippen LogP contribution in [0.3, 0.4) is 0 Å². The maximum absolute atomic E-state index is 5.40. The first-order chi connectivity index (χ1) is 31.1. The minimum atomic E-state index is 0.714. The van der Waals surface area contributed by atoms with E-state index in [0.717, 1.165) is 61.5 Å². The molecule has 0 aliphatic heterocycles. The number of hydrogen-bond acceptors (Lipinski definition) is 2. The highest BCUT2D eigenvalue weighted by Crippen LogP contribution is 2.42. The van der Waals surface area contributed by atoms with E-state index in [-0.39, 0.29) is 0 Å². The van der Waals surface area contributed by atoms with Crippen LogP contribution in [0.5, 0.6) is 0 Å². The number of fused-ring (bicyclic) bond motifs is 3. The Morgan fingerprint density at radius 3 is 1.30 bits per heavy atom. The lowest BCUT2D eigenvalue weighted by Crippen LogP contribution is -2.02. The maximum Gasteiger partial charge on any atom is 0.160 e. The van der Waals surface area contributed by atoms with E-state index in [9.17, 15) is 0 Å². The Morgan fingerprint density at radius 1 is 0.333 bits per heavy atom. The molecule has 0 fully saturated rings. The lowest BCUT2D eigenvalue weighted by molar-refractivity contribution is 1.11. The van der Waals surface area contributed by atoms with Crippen LogP contribution in [0, 0.1) is 13.8 Å². The Balaban J connectivity index is 1.17. The summed E-state index contributed by atoms with van der Waals surface area (Å²) in [5.74, 6) is 0.714. The summed E-state index contributed by atoms with van der Waals surface area (Å²) in [6.45, 7) is 4.28. The third-order valence-electron chi connectivity index (χ3n) is 12.3. The van der Waals surface area contributed by atoms with E-state index in [4.69, 9.17) is 9.97 Å². The molecule has 63 heavy (non-hydrogen) atoms. The Labute approximate surface area is 368 Å². The van der Waals surface area contributed by atoms with Gasteiger partial charge in [-0.1, -0.05) is 200 Å². The van der Waals surface area contributed by atoms with Crippen LogP contribution in [-0.2, 0) is 0 Å². The van der Waals surface area contributed by atoms with Gasteiger partial charge in [0.15, 0.2) is 5.82 Å². The molecule has 0 aliphatic carbocycles. The normalized spacial score (nSPS) is 11.3. The number of hydrogen-bond donors (Lipinski definition) is 0. The molecule has 2 aromatic heterocycles. The SMILES string of the molecule is Cc1ccccc1-c1c(C)nc(-c2ccccc2)nc1-c1cccc(-n2c3cc(-c4ccccc4-c4ccccc4)ccc3c3ccc(-c4ccccc4-c4ccccc4)cc32)c1. The maximum atomic E-state index is 5.40. The predicted octanol–water partition coefficient (Wildman–Crippen LogP) is 15.9. The quantitative estimate of drug-likeness (QED) is 0.153. The summed E-state index contributed by atoms with van der Waals surface area (Å²) < 4.78 is 2.46. The minimum Gasteiger partial charge on any atom is -0.309 e. The largest absolute Gasteiger partial charge is 0.309 e. The Bertz CT molecular complexity index is 3320. The van der Waals surface area contributed by atoms with Gasteiger partial charge in [0, 0.05) is 38.8 Å². The molecule has 11 rings (SSSR count). The van der Waals surface area contributed by atoms with E-state index >= 15 is 0 Å². The molecule has 0 amide bonds. The number of rotatable bonds is 8. The summed E-state index contributed by atoms with van der Waals surface area (Å²) in [5, 5.41) is 2.40. The van der Waals surface area contributed by atoms with Crippen molar-refractivity contribution in [1.29, 1.82) is 0 Å². The number of benzene rings is 9. The van der Waals surface area contributed by atoms with Crippen LogP contribution in [0.1, 0.15) is 11.3 Å². The highest BCUT2D eigenvalue weighted by molar-refractivity contribution is 6.12. The predicted molar refractivity (Wildman–Crippen MR) is 264 cm³/mol. The first kappa shape index (κ1) is 37.8. The Hall–Kier alpha value is -8.14. The van der Waals surface area contributed by atoms with Crippen LogP contribution in [0.15, 0.2) is 224 Å². The van der Waals surface area contributed by atoms with Crippen molar-refractivity contribution in [3.63, 3.8) is 0 Å². The van der Waals surface area contributed by atoms with Crippen LogP contribution >= 0.6 is 0 Å². The second kappa shape index (κ2) is 16.0. The molecular weight excluding hydrogens is 763 g/mol. The number of nitrogens with zero attached hydrogens (tertiary/aromatic N) is 3. The van der Waals surface area contributed by atoms with Crippen molar-refractivity contribution in [2.75, 3.05) is 0 Å². The molecule has 0 aliphatic rings. The van der Waals surface area contributed by atoms with Crippen molar-refractivity contribution in [2.45, 2.75) is 13.8 Å². The molecule has 0 spiro atoms. The molecule has 0 bridgehead atoms. The number of aryl methyl sites for hydroxylation is 2. The van der Waals surface area contributed by atoms with E-state index in [1.807, 2.05) is 18.2 Å². The molecule has 11 aromatic rings. The van der Waals surface area contributed by atoms with Gasteiger partial charge >= 0.3 is 0 Å². The second-order valence-electron chi connectivity index (χ2n) is 16.2. The molecule has 0 saturated heterocycles. The van der Waals surface area contributed by atoms with Crippen molar-refractivity contribution in [1.82, 2.24) is 14.5 Å². The zero-order chi connectivity index (χ0) is 42.3. The number of aromatic nitrogens is 3. The molecule has 298 valence electrons. The van der Waals surface area contributed by atoms with Crippen molar-refractivity contribution >= 4 is 21.8 Å². The van der Waals surface area contributed by atoms with Gasteiger partial charge in [0.2, 0.25) is 0 Å². The fraction of sp³-hybridized carbons (Fsp3) is 0.0333. The van der Waals surface area contributed by atoms with Crippen molar-refractivity contribution < 1.29 is 0 Å². The molecule has 0 N–H and O–H groups in total. The van der Waals surface area contributed by atoms with Gasteiger partial charge in [-0.2, -0.15) is 0 Å². The van der Waals surface area contributed by atoms with Crippen molar-refractivity contribution in [2.24, 2.45) is 0 Å². The summed E-state index contributed by atoms with van der Waals surface area (Å²) in [7, 11) is 0. The molecule has 3 nitrogen and oxygen atoms in total. The highest BCUT2D eigenvalue weighted by Gasteiger charge is 2.21. The first-order valence-corrected chi connectivity index (χ1v) is 21.6. The first-order valence-electron chi connectivity index (χ1n) is 21.6. The van der Waals surface area contributed by atoms with E-state index in [1.54, 1.807) is 0 Å². The van der Waals surface area contributed by atoms with Gasteiger partial charge in [0.1, 0.15) is 0 Å². The Morgan fingerprint density at radius 2 is 0.778 bits per heavy atom. The monoisotopic (exact) mass is 805 g/mol. The molecule has 9 aromatic carbocycles. The summed E-state index contributed by atoms with van der Waals surface area (Å²) in [5.41, 5.74) is 20.1. The standard InChI is InChI=1S/C60H43N3/c1-40-19-12-13-28-49(40)58-41(2)61-60(44-24-10-5-11-25-44)62-59(58)47-26-18-27-48(37-47)63-56-38-45(52-31-16-14-29-50(52)42-20-6-3-7-21-42)33-35-54(56)55-36-34-46(39-57(55)63)53-32-17-15-30-51(53)43-22-8-4-9-23-43/h3-39H,1-2H3. The average Bonchev–Trinajstić information content (AvgIpc) is 3.68. The van der Waals surface area contributed by atoms with Crippen molar-refractivity contribution in [3.8, 4) is 84.0 Å². The minimum absolute atomic E-state index is 0.714. The van der Waals surface area contributed by atoms with Crippen LogP contribution in [0.2, 0.25) is 0 Å². The van der Waals surface area contributed by atoms with Crippen LogP contribution in [0.4, 0.5) is 0 Å². The molecule has 0 atom stereocenters. The van der Waals surface area contributed by atoms with Gasteiger partial charge in [-0.25, -0.2) is 9.97 Å². The Kier molecular flexibility index (Phi) is 9.63. The van der Waals surface area contributed by atoms with Gasteiger partial charge < -0.3 is 4.57 Å². The van der Waals surface area contributed by atoms with E-state index < -0.39 is 0 Å². The molecule has 2 heterocycles. The van der Waals surface area contributed by atoms with Crippen molar-refractivity contribution in [3.05, 3.63) is 236 Å². The van der Waals surface area contributed by atoms with Crippen LogP contribution < -0.4 is 0 Å². The summed E-state index contributed by atoms with van der Waals surface area (Å²) in [4.78, 5) is 10.5. The summed E-state index contributed by atoms with van der Waals surface area (Å²) in [6, 6.07) is 80.5. The third kappa shape index (κ3) is 6.90. The van der Waals surface area contributed by atoms with E-state index in [0.29, 0.717) is 5.82 Å². The fourth-order valence-corrected chi connectivity index (χ4v) is 9.31. The summed E-state index contributed by atoms with van der Waals surface area (Å²) >= 11 is 0. The van der Waals surface area contributed by atoms with E-state index in [1.165, 1.54) is 49.7 Å². The van der Waals surface area contributed by atoms with Crippen LogP contribution in [0.25, 0.3) is 106 Å². The van der Waals surface area contributed by atoms with Gasteiger partial charge in [0.25, 0.3) is 0 Å². The zero-order valence-electron chi connectivity index (χ0n) is 35.2. The summed E-state index contributed by atoms with van der Waals surface area (Å²) in [6.07, 6.45) is 0. The lowest BCUT2D eigenvalue weighted by Gasteiger charge is -2.17. The van der Waals surface area contributed by atoms with E-state index in [2.05, 4.69) is 225 Å². The molecule has 0 saturated carbocycles. The zero-order valence-corrected chi connectivity index (χ0v) is 35.2. The molecule has 0 unspecified atom stereocenters. The smallest absolute Gasteiger partial charge is 0.160 e. The second-order valence-corrected chi connectivity index (χ2v) is 16.2. The molecule has 0 radical (unpaired) electrons. The molecule has 3 heteroatoms. The average molecular weight is 806 g/mol. The molecular formula is C60H43N3. The topological polar surface area (TPSA) is 30.7 Å². The fourth-order valence-electron chi connectivity index (χ4n) is 9.31. The van der Waals surface area contributed by atoms with Gasteiger partial charge in [-0.3, -0.25) is 0 Å². The van der Waals surface area contributed by atoms with Crippen LogP contribution in [-0.4, -0.2) is 14.5 Å². The van der Waals surface area contributed by atoms with Gasteiger partial charge in [-0.05, 0) is 93.7 Å². The van der Waals surface area contributed by atoms with Gasteiger partial charge in [-0.15, -0.1) is 0 Å². The lowest BCUT2D eigenvalue weighted by atomic mass is 9.93. The highest BCUT2D eigenvalue weighted by atomic mass is 15.0.